The average Bonchev–Trinajstić information content (AvgIpc) is 2.84. The second-order valence-corrected chi connectivity index (χ2v) is 9.40. The molecule has 0 aromatic heterocycles. The van der Waals surface area contributed by atoms with Crippen LogP contribution in [0.15, 0.2) is 77.7 Å². The van der Waals surface area contributed by atoms with E-state index in [1.807, 2.05) is 30.3 Å². The minimum Gasteiger partial charge on any atom is -0.486 e. The summed E-state index contributed by atoms with van der Waals surface area (Å²) in [7, 11) is -3.87. The molecule has 0 saturated carbocycles. The van der Waals surface area contributed by atoms with Crippen LogP contribution in [0.25, 0.3) is 0 Å². The Morgan fingerprint density at radius 1 is 0.939 bits per heavy atom. The summed E-state index contributed by atoms with van der Waals surface area (Å²) in [5.74, 6) is 0.845. The molecule has 0 unspecified atom stereocenters. The van der Waals surface area contributed by atoms with Gasteiger partial charge in [0.15, 0.2) is 11.5 Å². The van der Waals surface area contributed by atoms with Crippen molar-refractivity contribution in [1.29, 1.82) is 0 Å². The van der Waals surface area contributed by atoms with Gasteiger partial charge in [-0.25, -0.2) is 8.42 Å². The van der Waals surface area contributed by atoms with Gasteiger partial charge in [-0.3, -0.25) is 9.52 Å². The van der Waals surface area contributed by atoms with Crippen molar-refractivity contribution >= 4 is 21.6 Å². The maximum atomic E-state index is 12.9. The number of fused-ring (bicyclic) bond motifs is 1. The highest BCUT2D eigenvalue weighted by atomic mass is 32.2. The Kier molecular flexibility index (Phi) is 6.84. The lowest BCUT2D eigenvalue weighted by atomic mass is 9.96. The Hall–Kier alpha value is -3.52. The predicted octanol–water partition coefficient (Wildman–Crippen LogP) is 4.18. The van der Waals surface area contributed by atoms with Crippen molar-refractivity contribution in [2.24, 2.45) is 0 Å². The van der Waals surface area contributed by atoms with E-state index >= 15 is 0 Å². The van der Waals surface area contributed by atoms with E-state index in [1.165, 1.54) is 23.8 Å². The normalized spacial score (nSPS) is 13.7. The number of sulfonamides is 1. The minimum atomic E-state index is -3.87. The molecule has 1 amide bonds. The first-order chi connectivity index (χ1) is 16.0. The van der Waals surface area contributed by atoms with Gasteiger partial charge in [0, 0.05) is 29.8 Å². The van der Waals surface area contributed by atoms with Crippen LogP contribution in [-0.4, -0.2) is 34.1 Å². The van der Waals surface area contributed by atoms with Crippen LogP contribution >= 0.6 is 0 Å². The molecule has 0 bridgehead atoms. The zero-order valence-electron chi connectivity index (χ0n) is 18.3. The maximum absolute atomic E-state index is 12.9. The van der Waals surface area contributed by atoms with Gasteiger partial charge in [-0.2, -0.15) is 0 Å². The summed E-state index contributed by atoms with van der Waals surface area (Å²) in [6, 6.07) is 20.9. The van der Waals surface area contributed by atoms with Gasteiger partial charge in [0.25, 0.3) is 15.9 Å². The molecule has 0 aliphatic carbocycles. The summed E-state index contributed by atoms with van der Waals surface area (Å²) in [4.78, 5) is 12.8. The zero-order valence-corrected chi connectivity index (χ0v) is 19.1. The molecular weight excluding hydrogens is 440 g/mol. The third kappa shape index (κ3) is 5.46. The van der Waals surface area contributed by atoms with E-state index in [1.54, 1.807) is 24.3 Å². The van der Waals surface area contributed by atoms with Crippen molar-refractivity contribution in [3.8, 4) is 11.5 Å². The zero-order chi connectivity index (χ0) is 23.3. The number of ether oxygens (including phenoxy) is 2. The van der Waals surface area contributed by atoms with E-state index in [0.29, 0.717) is 42.5 Å². The van der Waals surface area contributed by atoms with Gasteiger partial charge in [0.05, 0.1) is 4.90 Å². The second-order valence-electron chi connectivity index (χ2n) is 7.72. The van der Waals surface area contributed by atoms with E-state index in [4.69, 9.17) is 9.47 Å². The van der Waals surface area contributed by atoms with Gasteiger partial charge in [-0.1, -0.05) is 43.3 Å². The van der Waals surface area contributed by atoms with Crippen LogP contribution in [0, 0.1) is 0 Å². The molecule has 7 nitrogen and oxygen atoms in total. The molecule has 3 aromatic rings. The summed E-state index contributed by atoms with van der Waals surface area (Å²) < 4.78 is 39.2. The molecule has 0 saturated heterocycles. The summed E-state index contributed by atoms with van der Waals surface area (Å²) >= 11 is 0. The van der Waals surface area contributed by atoms with Crippen molar-refractivity contribution in [2.75, 3.05) is 24.5 Å². The van der Waals surface area contributed by atoms with Crippen molar-refractivity contribution in [3.05, 3.63) is 83.9 Å². The molecule has 2 N–H and O–H groups in total. The lowest BCUT2D eigenvalue weighted by Gasteiger charge is -2.19. The summed E-state index contributed by atoms with van der Waals surface area (Å²) in [5.41, 5.74) is 1.84. The molecule has 0 fully saturated rings. The molecule has 0 radical (unpaired) electrons. The molecule has 172 valence electrons. The Morgan fingerprint density at radius 3 is 2.45 bits per heavy atom. The first-order valence-electron chi connectivity index (χ1n) is 10.8. The predicted molar refractivity (Wildman–Crippen MR) is 126 cm³/mol. The molecule has 1 aliphatic rings. The average molecular weight is 467 g/mol. The third-order valence-electron chi connectivity index (χ3n) is 5.47. The maximum Gasteiger partial charge on any atom is 0.262 e. The van der Waals surface area contributed by atoms with E-state index in [-0.39, 0.29) is 16.7 Å². The number of amides is 1. The standard InChI is InChI=1S/C25H26N2O5S/c1-2-18(19-7-4-3-5-8-19)17-26-25(28)20-9-6-10-21(15-20)27-33(29,30)22-11-12-23-24(16-22)32-14-13-31-23/h3-12,15-16,18,27H,2,13-14,17H2,1H3,(H,26,28)/t18-/m1/s1. The van der Waals surface area contributed by atoms with Crippen LogP contribution in [0.2, 0.25) is 0 Å². The first-order valence-corrected chi connectivity index (χ1v) is 12.3. The fraction of sp³-hybridized carbons (Fsp3) is 0.240. The van der Waals surface area contributed by atoms with Crippen molar-refractivity contribution in [1.82, 2.24) is 5.32 Å². The fourth-order valence-corrected chi connectivity index (χ4v) is 4.73. The van der Waals surface area contributed by atoms with Gasteiger partial charge in [0.2, 0.25) is 0 Å². The van der Waals surface area contributed by atoms with Crippen molar-refractivity contribution < 1.29 is 22.7 Å². The summed E-state index contributed by atoms with van der Waals surface area (Å²) in [5, 5.41) is 2.96. The fourth-order valence-electron chi connectivity index (χ4n) is 3.67. The van der Waals surface area contributed by atoms with Gasteiger partial charge in [-0.05, 0) is 42.3 Å². The number of nitrogens with one attached hydrogen (secondary N) is 2. The molecule has 4 rings (SSSR count). The highest BCUT2D eigenvalue weighted by Gasteiger charge is 2.20. The Bertz CT molecular complexity index is 1230. The molecule has 3 aromatic carbocycles. The summed E-state index contributed by atoms with van der Waals surface area (Å²) in [6.07, 6.45) is 0.889. The summed E-state index contributed by atoms with van der Waals surface area (Å²) in [6.45, 7) is 3.37. The van der Waals surface area contributed by atoms with Crippen LogP contribution in [0.4, 0.5) is 5.69 Å². The van der Waals surface area contributed by atoms with Crippen molar-refractivity contribution in [3.63, 3.8) is 0 Å². The molecule has 1 heterocycles. The minimum absolute atomic E-state index is 0.0512. The van der Waals surface area contributed by atoms with Crippen LogP contribution in [0.5, 0.6) is 11.5 Å². The van der Waals surface area contributed by atoms with E-state index in [9.17, 15) is 13.2 Å². The van der Waals surface area contributed by atoms with Crippen LogP contribution in [0.3, 0.4) is 0 Å². The molecule has 8 heteroatoms. The van der Waals surface area contributed by atoms with Crippen LogP contribution in [-0.2, 0) is 10.0 Å². The van der Waals surface area contributed by atoms with E-state index in [0.717, 1.165) is 6.42 Å². The van der Waals surface area contributed by atoms with E-state index in [2.05, 4.69) is 17.0 Å². The van der Waals surface area contributed by atoms with Crippen LogP contribution < -0.4 is 19.5 Å². The van der Waals surface area contributed by atoms with Gasteiger partial charge in [-0.15, -0.1) is 0 Å². The number of benzene rings is 3. The lowest BCUT2D eigenvalue weighted by molar-refractivity contribution is 0.0951. The Labute approximate surface area is 193 Å². The van der Waals surface area contributed by atoms with Gasteiger partial charge in [0.1, 0.15) is 13.2 Å². The molecule has 33 heavy (non-hydrogen) atoms. The number of carbonyl (C=O) groups excluding carboxylic acids is 1. The number of anilines is 1. The number of rotatable bonds is 8. The molecule has 1 aliphatic heterocycles. The highest BCUT2D eigenvalue weighted by molar-refractivity contribution is 7.92. The van der Waals surface area contributed by atoms with Gasteiger partial charge < -0.3 is 14.8 Å². The number of hydrogen-bond donors (Lipinski definition) is 2. The quantitative estimate of drug-likeness (QED) is 0.519. The smallest absolute Gasteiger partial charge is 0.262 e. The third-order valence-corrected chi connectivity index (χ3v) is 6.85. The molecular formula is C25H26N2O5S. The number of hydrogen-bond acceptors (Lipinski definition) is 5. The van der Waals surface area contributed by atoms with Gasteiger partial charge >= 0.3 is 0 Å². The monoisotopic (exact) mass is 466 g/mol. The SMILES string of the molecule is CC[C@H](CNC(=O)c1cccc(NS(=O)(=O)c2ccc3c(c2)OCCO3)c1)c1ccccc1. The number of carbonyl (C=O) groups is 1. The topological polar surface area (TPSA) is 93.7 Å². The first kappa shape index (κ1) is 22.7. The second kappa shape index (κ2) is 9.95. The van der Waals surface area contributed by atoms with Crippen molar-refractivity contribution in [2.45, 2.75) is 24.2 Å². The Balaban J connectivity index is 1.44. The van der Waals surface area contributed by atoms with Crippen LogP contribution in [0.1, 0.15) is 35.2 Å². The Morgan fingerprint density at radius 2 is 1.70 bits per heavy atom. The molecule has 0 spiro atoms. The lowest BCUT2D eigenvalue weighted by Crippen LogP contribution is -2.28. The molecule has 1 atom stereocenters. The highest BCUT2D eigenvalue weighted by Crippen LogP contribution is 2.32. The van der Waals surface area contributed by atoms with E-state index < -0.39 is 10.0 Å². The largest absolute Gasteiger partial charge is 0.486 e.